The minimum Gasteiger partial charge on any atom is -0.497 e. The average Bonchev–Trinajstić information content (AvgIpc) is 3.50. The highest BCUT2D eigenvalue weighted by Gasteiger charge is 2.38. The highest BCUT2D eigenvalue weighted by molar-refractivity contribution is 5.96. The minimum absolute atomic E-state index is 0.147. The van der Waals surface area contributed by atoms with Crippen molar-refractivity contribution < 1.29 is 14.3 Å². The van der Waals surface area contributed by atoms with Crippen LogP contribution in [0.3, 0.4) is 0 Å². The molecule has 4 aromatic carbocycles. The van der Waals surface area contributed by atoms with Crippen LogP contribution in [0.15, 0.2) is 134 Å². The van der Waals surface area contributed by atoms with Crippen LogP contribution in [0.1, 0.15) is 34.9 Å². The number of hydrogen-bond donors (Lipinski definition) is 0. The van der Waals surface area contributed by atoms with Crippen molar-refractivity contribution in [2.24, 2.45) is 0 Å². The zero-order chi connectivity index (χ0) is 28.9. The number of nitrogens with zero attached hydrogens (tertiary/aromatic N) is 3. The highest BCUT2D eigenvalue weighted by Crippen LogP contribution is 2.41. The first kappa shape index (κ1) is 27.1. The number of hydrogen-bond acceptors (Lipinski definition) is 4. The summed E-state index contributed by atoms with van der Waals surface area (Å²) in [5.74, 6) is 0.922. The summed E-state index contributed by atoms with van der Waals surface area (Å²) in [5.41, 5.74) is 4.29. The predicted molar refractivity (Wildman–Crippen MR) is 164 cm³/mol. The largest absolute Gasteiger partial charge is 0.497 e. The van der Waals surface area contributed by atoms with Gasteiger partial charge in [0.25, 0.3) is 5.91 Å². The molecule has 0 saturated carbocycles. The van der Waals surface area contributed by atoms with Gasteiger partial charge in [0.15, 0.2) is 5.76 Å². The summed E-state index contributed by atoms with van der Waals surface area (Å²) in [6.07, 6.45) is 5.43. The maximum absolute atomic E-state index is 13.5. The zero-order valence-corrected chi connectivity index (χ0v) is 23.8. The lowest BCUT2D eigenvalue weighted by Gasteiger charge is -2.37. The van der Waals surface area contributed by atoms with Gasteiger partial charge < -0.3 is 18.9 Å². The Kier molecular flexibility index (Phi) is 7.60. The monoisotopic (exact) mass is 555 g/mol. The van der Waals surface area contributed by atoms with E-state index in [9.17, 15) is 4.79 Å². The Morgan fingerprint density at radius 2 is 1.40 bits per heavy atom. The topological polar surface area (TPSA) is 56.6 Å². The van der Waals surface area contributed by atoms with Crippen molar-refractivity contribution in [3.8, 4) is 5.75 Å². The van der Waals surface area contributed by atoms with Gasteiger partial charge in [-0.1, -0.05) is 103 Å². The van der Waals surface area contributed by atoms with Crippen LogP contribution in [0, 0.1) is 0 Å². The van der Waals surface area contributed by atoms with Gasteiger partial charge in [-0.3, -0.25) is 4.79 Å². The van der Waals surface area contributed by atoms with Crippen LogP contribution in [0.4, 0.5) is 0 Å². The molecule has 1 amide bonds. The maximum Gasteiger partial charge on any atom is 0.289 e. The Hall–Kier alpha value is -5.10. The molecule has 5 aromatic rings. The van der Waals surface area contributed by atoms with Gasteiger partial charge in [0, 0.05) is 18.8 Å². The predicted octanol–water partition coefficient (Wildman–Crippen LogP) is 6.52. The Labute approximate surface area is 246 Å². The number of imidazole rings is 1. The fourth-order valence-corrected chi connectivity index (χ4v) is 5.75. The van der Waals surface area contributed by atoms with Crippen LogP contribution in [0.2, 0.25) is 0 Å². The fourth-order valence-electron chi connectivity index (χ4n) is 5.75. The first-order valence-electron chi connectivity index (χ1n) is 14.1. The smallest absolute Gasteiger partial charge is 0.289 e. The van der Waals surface area contributed by atoms with E-state index in [0.29, 0.717) is 18.8 Å². The van der Waals surface area contributed by atoms with E-state index in [-0.39, 0.29) is 17.8 Å². The Morgan fingerprint density at radius 3 is 1.93 bits per heavy atom. The number of morpholine rings is 1. The van der Waals surface area contributed by atoms with E-state index in [4.69, 9.17) is 14.5 Å². The molecule has 0 bridgehead atoms. The number of methoxy groups -OCH3 is 1. The molecule has 0 spiro atoms. The molecule has 0 N–H and O–H groups in total. The van der Waals surface area contributed by atoms with Crippen molar-refractivity contribution >= 4 is 12.0 Å². The summed E-state index contributed by atoms with van der Waals surface area (Å²) >= 11 is 0. The third-order valence-corrected chi connectivity index (χ3v) is 7.68. The van der Waals surface area contributed by atoms with Crippen LogP contribution >= 0.6 is 0 Å². The van der Waals surface area contributed by atoms with E-state index < -0.39 is 5.54 Å². The van der Waals surface area contributed by atoms with Crippen LogP contribution in [-0.4, -0.2) is 40.1 Å². The van der Waals surface area contributed by atoms with E-state index in [1.54, 1.807) is 13.2 Å². The fraction of sp³-hybridized carbons (Fsp3) is 0.167. The van der Waals surface area contributed by atoms with Gasteiger partial charge in [-0.25, -0.2) is 4.98 Å². The van der Waals surface area contributed by atoms with Crippen molar-refractivity contribution in [3.63, 3.8) is 0 Å². The van der Waals surface area contributed by atoms with Gasteiger partial charge in [0.2, 0.25) is 0 Å². The van der Waals surface area contributed by atoms with Gasteiger partial charge in [0.05, 0.1) is 25.7 Å². The van der Waals surface area contributed by atoms with Crippen LogP contribution in [-0.2, 0) is 21.6 Å². The number of amides is 1. The summed E-state index contributed by atoms with van der Waals surface area (Å²) in [7, 11) is 1.64. The normalized spacial score (nSPS) is 16.3. The second kappa shape index (κ2) is 11.8. The molecule has 6 heteroatoms. The summed E-state index contributed by atoms with van der Waals surface area (Å²) < 4.78 is 13.5. The third kappa shape index (κ3) is 5.19. The molecule has 1 atom stereocenters. The molecule has 1 aromatic heterocycles. The van der Waals surface area contributed by atoms with Crippen molar-refractivity contribution in [2.45, 2.75) is 25.1 Å². The van der Waals surface area contributed by atoms with Crippen LogP contribution < -0.4 is 4.74 Å². The zero-order valence-electron chi connectivity index (χ0n) is 23.8. The van der Waals surface area contributed by atoms with E-state index in [1.807, 2.05) is 66.8 Å². The molecular formula is C36H33N3O3. The first-order valence-corrected chi connectivity index (χ1v) is 14.1. The summed E-state index contributed by atoms with van der Waals surface area (Å²) in [6, 6.07) is 39.1. The lowest BCUT2D eigenvalue weighted by atomic mass is 9.77. The van der Waals surface area contributed by atoms with Gasteiger partial charge >= 0.3 is 0 Å². The summed E-state index contributed by atoms with van der Waals surface area (Å²) in [6.45, 7) is 2.97. The molecule has 210 valence electrons. The van der Waals surface area contributed by atoms with Crippen molar-refractivity contribution in [1.82, 2.24) is 14.5 Å². The van der Waals surface area contributed by atoms with Crippen LogP contribution in [0.25, 0.3) is 6.08 Å². The lowest BCUT2D eigenvalue weighted by molar-refractivity contribution is -0.139. The Bertz CT molecular complexity index is 1570. The lowest BCUT2D eigenvalue weighted by Crippen LogP contribution is -2.43. The molecule has 1 aliphatic heterocycles. The molecule has 42 heavy (non-hydrogen) atoms. The van der Waals surface area contributed by atoms with Crippen LogP contribution in [0.5, 0.6) is 5.75 Å². The number of carbonyl (C=O) groups excluding carboxylic acids is 1. The number of aromatic nitrogens is 2. The molecule has 0 unspecified atom stereocenters. The molecule has 1 saturated heterocycles. The van der Waals surface area contributed by atoms with E-state index in [0.717, 1.165) is 28.0 Å². The van der Waals surface area contributed by atoms with Crippen molar-refractivity contribution in [2.75, 3.05) is 13.7 Å². The summed E-state index contributed by atoms with van der Waals surface area (Å²) in [4.78, 5) is 20.1. The van der Waals surface area contributed by atoms with E-state index >= 15 is 0 Å². The SMILES string of the molecule is COc1ccc(CN2C[C@H](C)OC(=Cc3cn(C(c4ccccc4)(c4ccccc4)c4ccccc4)cn3)C2=O)cc1. The number of ether oxygens (including phenoxy) is 2. The van der Waals surface area contributed by atoms with Gasteiger partial charge in [0.1, 0.15) is 17.4 Å². The van der Waals surface area contributed by atoms with E-state index in [2.05, 4.69) is 77.4 Å². The van der Waals surface area contributed by atoms with Crippen molar-refractivity contribution in [3.05, 3.63) is 161 Å². The quantitative estimate of drug-likeness (QED) is 0.162. The van der Waals surface area contributed by atoms with Gasteiger partial charge in [-0.05, 0) is 41.3 Å². The molecule has 6 rings (SSSR count). The number of rotatable bonds is 8. The van der Waals surface area contributed by atoms with E-state index in [1.165, 1.54) is 0 Å². The molecule has 2 heterocycles. The standard InChI is InChI=1S/C36H33N3O3/c1-27-23-38(24-28-18-20-33(41-2)21-19-28)35(40)34(42-27)22-32-25-39(26-37-32)36(29-12-6-3-7-13-29,30-14-8-4-9-15-30)31-16-10-5-11-17-31/h3-22,25-27H,23-24H2,1-2H3/t27-/m0/s1. The molecular weight excluding hydrogens is 522 g/mol. The molecule has 0 radical (unpaired) electrons. The molecule has 0 aliphatic carbocycles. The number of benzene rings is 4. The highest BCUT2D eigenvalue weighted by atomic mass is 16.5. The molecule has 1 fully saturated rings. The first-order chi connectivity index (χ1) is 20.6. The Balaban J connectivity index is 1.39. The average molecular weight is 556 g/mol. The van der Waals surface area contributed by atoms with Gasteiger partial charge in [-0.15, -0.1) is 0 Å². The molecule has 1 aliphatic rings. The minimum atomic E-state index is -0.682. The summed E-state index contributed by atoms with van der Waals surface area (Å²) in [5, 5.41) is 0. The Morgan fingerprint density at radius 1 is 0.857 bits per heavy atom. The molecule has 6 nitrogen and oxygen atoms in total. The van der Waals surface area contributed by atoms with Gasteiger partial charge in [-0.2, -0.15) is 0 Å². The van der Waals surface area contributed by atoms with Crippen molar-refractivity contribution in [1.29, 1.82) is 0 Å². The second-order valence-electron chi connectivity index (χ2n) is 10.5. The second-order valence-corrected chi connectivity index (χ2v) is 10.5. The maximum atomic E-state index is 13.5. The number of carbonyl (C=O) groups is 1. The third-order valence-electron chi connectivity index (χ3n) is 7.68.